The highest BCUT2D eigenvalue weighted by molar-refractivity contribution is 6.31. The first kappa shape index (κ1) is 21.9. The number of amides is 1. The number of carbonyl (C=O) groups excluding carboxylic acids is 1. The van der Waals surface area contributed by atoms with Crippen LogP contribution in [0, 0.1) is 0 Å². The van der Waals surface area contributed by atoms with Crippen LogP contribution >= 0.6 is 11.6 Å². The fourth-order valence-corrected chi connectivity index (χ4v) is 4.93. The monoisotopic (exact) mass is 475 g/mol. The van der Waals surface area contributed by atoms with Gasteiger partial charge in [0.25, 0.3) is 0 Å². The van der Waals surface area contributed by atoms with Crippen molar-refractivity contribution in [3.8, 4) is 0 Å². The summed E-state index contributed by atoms with van der Waals surface area (Å²) >= 11 is 6.03. The summed E-state index contributed by atoms with van der Waals surface area (Å²) in [6, 6.07) is 9.26. The third kappa shape index (κ3) is 3.68. The van der Waals surface area contributed by atoms with E-state index in [4.69, 9.17) is 11.6 Å². The van der Waals surface area contributed by atoms with Gasteiger partial charge in [-0.2, -0.15) is 13.2 Å². The number of nitrogens with zero attached hydrogens (tertiary/aromatic N) is 5. The molecule has 1 atom stereocenters. The van der Waals surface area contributed by atoms with Crippen LogP contribution in [0.1, 0.15) is 30.7 Å². The Kier molecular flexibility index (Phi) is 5.19. The fraction of sp³-hybridized carbons (Fsp3) is 0.391. The number of hydrogen-bond donors (Lipinski definition) is 0. The van der Waals surface area contributed by atoms with Crippen molar-refractivity contribution in [3.63, 3.8) is 0 Å². The summed E-state index contributed by atoms with van der Waals surface area (Å²) < 4.78 is 43.2. The van der Waals surface area contributed by atoms with Crippen LogP contribution in [0.25, 0.3) is 10.9 Å². The van der Waals surface area contributed by atoms with Crippen LogP contribution in [0.3, 0.4) is 0 Å². The molecule has 2 fully saturated rings. The zero-order valence-corrected chi connectivity index (χ0v) is 18.6. The lowest BCUT2D eigenvalue weighted by molar-refractivity contribution is -0.188. The van der Waals surface area contributed by atoms with Gasteiger partial charge in [0.1, 0.15) is 11.2 Å². The Hall–Kier alpha value is -2.94. The number of likely N-dealkylation sites (tertiary alicyclic amines) is 1. The van der Waals surface area contributed by atoms with E-state index in [-0.39, 0.29) is 30.5 Å². The van der Waals surface area contributed by atoms with Gasteiger partial charge in [-0.15, -0.1) is 0 Å². The number of hydrogen-bond acceptors (Lipinski definition) is 5. The van der Waals surface area contributed by atoms with Crippen LogP contribution < -0.4 is 4.90 Å². The van der Waals surface area contributed by atoms with Gasteiger partial charge in [-0.1, -0.05) is 11.6 Å². The molecule has 5 rings (SSSR count). The summed E-state index contributed by atoms with van der Waals surface area (Å²) in [6.07, 6.45) is -2.03. The molecule has 0 aliphatic carbocycles. The minimum Gasteiger partial charge on any atom is -0.355 e. The minimum atomic E-state index is -4.55. The quantitative estimate of drug-likeness (QED) is 0.564. The van der Waals surface area contributed by atoms with E-state index < -0.39 is 18.1 Å². The van der Waals surface area contributed by atoms with Crippen LogP contribution in [0.4, 0.5) is 19.0 Å². The van der Waals surface area contributed by atoms with E-state index in [0.29, 0.717) is 23.8 Å². The number of halogens is 4. The molecular formula is C23H21ClF3N5O. The summed E-state index contributed by atoms with van der Waals surface area (Å²) in [5.41, 5.74) is -1.12. The van der Waals surface area contributed by atoms with Gasteiger partial charge in [-0.05, 0) is 36.8 Å². The molecule has 0 spiro atoms. The van der Waals surface area contributed by atoms with Crippen molar-refractivity contribution in [2.75, 3.05) is 31.1 Å². The van der Waals surface area contributed by atoms with Gasteiger partial charge in [0.15, 0.2) is 0 Å². The van der Waals surface area contributed by atoms with Crippen molar-refractivity contribution in [1.82, 2.24) is 19.9 Å². The second kappa shape index (κ2) is 7.83. The number of aromatic nitrogens is 3. The van der Waals surface area contributed by atoms with Gasteiger partial charge in [-0.25, -0.2) is 4.98 Å². The predicted octanol–water partition coefficient (Wildman–Crippen LogP) is 4.33. The highest BCUT2D eigenvalue weighted by atomic mass is 35.5. The molecule has 2 saturated heterocycles. The van der Waals surface area contributed by atoms with Crippen molar-refractivity contribution in [1.29, 1.82) is 0 Å². The molecule has 4 heterocycles. The fourth-order valence-electron chi connectivity index (χ4n) is 4.75. The number of benzene rings is 1. The molecule has 1 aromatic carbocycles. The lowest BCUT2D eigenvalue weighted by atomic mass is 9.78. The van der Waals surface area contributed by atoms with E-state index in [1.165, 1.54) is 24.2 Å². The third-order valence-electron chi connectivity index (χ3n) is 6.67. The highest BCUT2D eigenvalue weighted by Gasteiger charge is 2.62. The lowest BCUT2D eigenvalue weighted by Crippen LogP contribution is -2.50. The van der Waals surface area contributed by atoms with Crippen LogP contribution in [-0.2, 0) is 10.2 Å². The van der Waals surface area contributed by atoms with Crippen molar-refractivity contribution in [2.24, 2.45) is 0 Å². The zero-order chi connectivity index (χ0) is 23.4. The first-order valence-corrected chi connectivity index (χ1v) is 11.0. The normalized spacial score (nSPS) is 21.5. The second-order valence-corrected chi connectivity index (χ2v) is 9.11. The van der Waals surface area contributed by atoms with Gasteiger partial charge in [0.2, 0.25) is 5.91 Å². The second-order valence-electron chi connectivity index (χ2n) is 8.67. The lowest BCUT2D eigenvalue weighted by Gasteiger charge is -2.42. The summed E-state index contributed by atoms with van der Waals surface area (Å²) in [7, 11) is 0. The molecule has 2 aliphatic heterocycles. The maximum atomic E-state index is 14.4. The Bertz CT molecular complexity index is 1230. The molecule has 6 nitrogen and oxygen atoms in total. The number of alkyl halides is 3. The van der Waals surface area contributed by atoms with E-state index in [1.807, 2.05) is 29.2 Å². The zero-order valence-electron chi connectivity index (χ0n) is 17.8. The topological polar surface area (TPSA) is 62.2 Å². The van der Waals surface area contributed by atoms with Crippen LogP contribution in [0.15, 0.2) is 42.7 Å². The standard InChI is InChI=1S/C23H21ClF3N5O/c1-14(33)31-9-6-22(13-31,23(25,26)27)21-20(28-7-8-29-21)16-11-32(12-16)19-5-2-15-10-17(24)3-4-18(15)30-19/h2-5,7-8,10,16H,6,9,11-13H2,1H3/t22-/m1/s1. The van der Waals surface area contributed by atoms with Crippen molar-refractivity contribution < 1.29 is 18.0 Å². The van der Waals surface area contributed by atoms with E-state index in [9.17, 15) is 18.0 Å². The first-order chi connectivity index (χ1) is 15.7. The third-order valence-corrected chi connectivity index (χ3v) is 6.90. The number of anilines is 1. The number of carbonyl (C=O) groups is 1. The largest absolute Gasteiger partial charge is 0.401 e. The van der Waals surface area contributed by atoms with Gasteiger partial charge in [0, 0.05) is 61.8 Å². The molecule has 0 saturated carbocycles. The molecule has 2 aromatic heterocycles. The molecule has 0 bridgehead atoms. The Balaban J connectivity index is 1.42. The highest BCUT2D eigenvalue weighted by Crippen LogP contribution is 2.49. The summed E-state index contributed by atoms with van der Waals surface area (Å²) in [4.78, 5) is 28.2. The summed E-state index contributed by atoms with van der Waals surface area (Å²) in [6.45, 7) is 1.89. The Labute approximate surface area is 193 Å². The Morgan fingerprint density at radius 2 is 1.91 bits per heavy atom. The SMILES string of the molecule is CC(=O)N1CC[C@@](c2nccnc2C2CN(c3ccc4cc(Cl)ccc4n3)C2)(C(F)(F)F)C1. The maximum absolute atomic E-state index is 14.4. The van der Waals surface area contributed by atoms with Crippen molar-refractivity contribution in [3.05, 3.63) is 59.1 Å². The van der Waals surface area contributed by atoms with E-state index >= 15 is 0 Å². The van der Waals surface area contributed by atoms with E-state index in [0.717, 1.165) is 16.7 Å². The van der Waals surface area contributed by atoms with Gasteiger partial charge in [0.05, 0.1) is 16.9 Å². The Morgan fingerprint density at radius 1 is 1.15 bits per heavy atom. The molecule has 3 aromatic rings. The summed E-state index contributed by atoms with van der Waals surface area (Å²) in [5, 5.41) is 1.55. The van der Waals surface area contributed by atoms with Crippen LogP contribution in [0.5, 0.6) is 0 Å². The molecule has 0 radical (unpaired) electrons. The summed E-state index contributed by atoms with van der Waals surface area (Å²) in [5.74, 6) is 0.174. The molecule has 2 aliphatic rings. The number of fused-ring (bicyclic) bond motifs is 1. The van der Waals surface area contributed by atoms with Crippen LogP contribution in [0.2, 0.25) is 5.02 Å². The molecule has 1 amide bonds. The molecule has 0 unspecified atom stereocenters. The average molecular weight is 476 g/mol. The number of pyridine rings is 1. The predicted molar refractivity (Wildman–Crippen MR) is 118 cm³/mol. The minimum absolute atomic E-state index is 0.0483. The van der Waals surface area contributed by atoms with Gasteiger partial charge in [-0.3, -0.25) is 14.8 Å². The molecule has 0 N–H and O–H groups in total. The van der Waals surface area contributed by atoms with Crippen LogP contribution in [-0.4, -0.2) is 58.1 Å². The van der Waals surface area contributed by atoms with E-state index in [1.54, 1.807) is 6.07 Å². The maximum Gasteiger partial charge on any atom is 0.401 e. The van der Waals surface area contributed by atoms with E-state index in [2.05, 4.69) is 15.0 Å². The average Bonchev–Trinajstić information content (AvgIpc) is 3.20. The molecule has 10 heteroatoms. The number of rotatable bonds is 3. The smallest absolute Gasteiger partial charge is 0.355 e. The molecule has 172 valence electrons. The van der Waals surface area contributed by atoms with Gasteiger partial charge < -0.3 is 9.80 Å². The van der Waals surface area contributed by atoms with Crippen molar-refractivity contribution in [2.45, 2.75) is 30.9 Å². The van der Waals surface area contributed by atoms with Crippen molar-refractivity contribution >= 4 is 34.2 Å². The first-order valence-electron chi connectivity index (χ1n) is 10.6. The molecular weight excluding hydrogens is 455 g/mol. The molecule has 33 heavy (non-hydrogen) atoms. The van der Waals surface area contributed by atoms with Gasteiger partial charge >= 0.3 is 6.18 Å². The Morgan fingerprint density at radius 3 is 2.61 bits per heavy atom.